The molecule has 0 aromatic heterocycles. The standard InChI is InChI=1S/C23H35NO5/c1-8-23(9-2)20(26)28-16-22(7,15-27-19(25)21(4,5)6)24(23)29-14-18-13-11-10-12-17(18)3/h10-13H,8-9,14-16H2,1-7H3. The van der Waals surface area contributed by atoms with Crippen molar-refractivity contribution < 1.29 is 23.9 Å². The van der Waals surface area contributed by atoms with Gasteiger partial charge in [-0.15, -0.1) is 0 Å². The maximum Gasteiger partial charge on any atom is 0.328 e. The fourth-order valence-electron chi connectivity index (χ4n) is 3.56. The van der Waals surface area contributed by atoms with Crippen LogP contribution in [0.25, 0.3) is 0 Å². The fraction of sp³-hybridized carbons (Fsp3) is 0.652. The van der Waals surface area contributed by atoms with Crippen molar-refractivity contribution in [2.24, 2.45) is 5.41 Å². The van der Waals surface area contributed by atoms with Gasteiger partial charge in [0.15, 0.2) is 0 Å². The van der Waals surface area contributed by atoms with Gasteiger partial charge in [0.05, 0.1) is 12.0 Å². The van der Waals surface area contributed by atoms with E-state index in [1.807, 2.05) is 72.7 Å². The zero-order valence-electron chi connectivity index (χ0n) is 18.8. The molecular weight excluding hydrogens is 370 g/mol. The first-order valence-electron chi connectivity index (χ1n) is 10.3. The van der Waals surface area contributed by atoms with Crippen molar-refractivity contribution in [1.82, 2.24) is 5.06 Å². The number of nitrogens with zero attached hydrogens (tertiary/aromatic N) is 1. The molecule has 0 amide bonds. The largest absolute Gasteiger partial charge is 0.463 e. The smallest absolute Gasteiger partial charge is 0.328 e. The molecule has 0 spiro atoms. The summed E-state index contributed by atoms with van der Waals surface area (Å²) in [5.41, 5.74) is -0.165. The van der Waals surface area contributed by atoms with Gasteiger partial charge in [-0.1, -0.05) is 38.1 Å². The molecule has 1 fully saturated rings. The van der Waals surface area contributed by atoms with E-state index in [9.17, 15) is 9.59 Å². The Balaban J connectivity index is 2.32. The summed E-state index contributed by atoms with van der Waals surface area (Å²) in [5.74, 6) is -0.597. The van der Waals surface area contributed by atoms with Crippen LogP contribution in [0.4, 0.5) is 0 Å². The Morgan fingerprint density at radius 2 is 1.83 bits per heavy atom. The molecule has 1 unspecified atom stereocenters. The van der Waals surface area contributed by atoms with Crippen LogP contribution in [0.2, 0.25) is 0 Å². The van der Waals surface area contributed by atoms with Crippen LogP contribution in [-0.2, 0) is 30.5 Å². The number of hydrogen-bond donors (Lipinski definition) is 0. The number of carbonyl (C=O) groups excluding carboxylic acids is 2. The Morgan fingerprint density at radius 3 is 2.38 bits per heavy atom. The highest BCUT2D eigenvalue weighted by molar-refractivity contribution is 5.81. The van der Waals surface area contributed by atoms with Gasteiger partial charge in [0.25, 0.3) is 0 Å². The average Bonchev–Trinajstić information content (AvgIpc) is 2.67. The maximum atomic E-state index is 12.8. The predicted octanol–water partition coefficient (Wildman–Crippen LogP) is 4.19. The van der Waals surface area contributed by atoms with Crippen molar-refractivity contribution in [2.75, 3.05) is 13.2 Å². The number of rotatable bonds is 7. The number of aryl methyl sites for hydroxylation is 1. The number of hydrogen-bond acceptors (Lipinski definition) is 6. The lowest BCUT2D eigenvalue weighted by Crippen LogP contribution is -2.70. The van der Waals surface area contributed by atoms with Crippen LogP contribution in [-0.4, -0.2) is 41.3 Å². The zero-order chi connectivity index (χ0) is 21.9. The Labute approximate surface area is 174 Å². The van der Waals surface area contributed by atoms with Gasteiger partial charge >= 0.3 is 11.9 Å². The quantitative estimate of drug-likeness (QED) is 0.634. The van der Waals surface area contributed by atoms with Crippen LogP contribution in [0.1, 0.15) is 65.5 Å². The number of hydroxylamine groups is 2. The number of cyclic esters (lactones) is 1. The Hall–Kier alpha value is -1.92. The highest BCUT2D eigenvalue weighted by Gasteiger charge is 2.56. The number of carbonyl (C=O) groups is 2. The summed E-state index contributed by atoms with van der Waals surface area (Å²) in [4.78, 5) is 31.4. The summed E-state index contributed by atoms with van der Waals surface area (Å²) in [6.45, 7) is 13.8. The Bertz CT molecular complexity index is 735. The van der Waals surface area contributed by atoms with Crippen LogP contribution >= 0.6 is 0 Å². The molecule has 0 saturated carbocycles. The van der Waals surface area contributed by atoms with E-state index in [0.717, 1.165) is 11.1 Å². The second-order valence-electron chi connectivity index (χ2n) is 9.13. The molecule has 1 atom stereocenters. The summed E-state index contributed by atoms with van der Waals surface area (Å²) in [6.07, 6.45) is 1.05. The summed E-state index contributed by atoms with van der Waals surface area (Å²) in [7, 11) is 0. The van der Waals surface area contributed by atoms with Crippen molar-refractivity contribution in [1.29, 1.82) is 0 Å². The SMILES string of the molecule is CCC1(CC)C(=O)OCC(C)(COC(=O)C(C)(C)C)N1OCc1ccccc1C. The summed E-state index contributed by atoms with van der Waals surface area (Å²) in [6, 6.07) is 7.98. The Morgan fingerprint density at radius 1 is 1.21 bits per heavy atom. The number of morpholine rings is 1. The van der Waals surface area contributed by atoms with Gasteiger partial charge < -0.3 is 9.47 Å². The summed E-state index contributed by atoms with van der Waals surface area (Å²) in [5, 5.41) is 1.74. The van der Waals surface area contributed by atoms with Crippen LogP contribution < -0.4 is 0 Å². The molecule has 6 nitrogen and oxygen atoms in total. The fourth-order valence-corrected chi connectivity index (χ4v) is 3.56. The minimum absolute atomic E-state index is 0.0753. The topological polar surface area (TPSA) is 65.1 Å². The molecule has 0 radical (unpaired) electrons. The normalized spacial score (nSPS) is 22.2. The van der Waals surface area contributed by atoms with Gasteiger partial charge in [-0.2, -0.15) is 5.06 Å². The second-order valence-corrected chi connectivity index (χ2v) is 9.13. The highest BCUT2D eigenvalue weighted by Crippen LogP contribution is 2.38. The lowest BCUT2D eigenvalue weighted by Gasteiger charge is -2.52. The summed E-state index contributed by atoms with van der Waals surface area (Å²) < 4.78 is 11.2. The van der Waals surface area contributed by atoms with Crippen LogP contribution in [0.5, 0.6) is 0 Å². The number of ether oxygens (including phenoxy) is 2. The van der Waals surface area contributed by atoms with Gasteiger partial charge in [0.2, 0.25) is 0 Å². The van der Waals surface area contributed by atoms with Crippen LogP contribution in [0.3, 0.4) is 0 Å². The van der Waals surface area contributed by atoms with Crippen molar-refractivity contribution in [3.63, 3.8) is 0 Å². The third-order valence-electron chi connectivity index (χ3n) is 5.68. The predicted molar refractivity (Wildman–Crippen MR) is 111 cm³/mol. The first kappa shape index (κ1) is 23.4. The van der Waals surface area contributed by atoms with Crippen molar-refractivity contribution >= 4 is 11.9 Å². The molecule has 1 aliphatic rings. The van der Waals surface area contributed by atoms with Gasteiger partial charge in [-0.3, -0.25) is 9.63 Å². The zero-order valence-corrected chi connectivity index (χ0v) is 18.8. The minimum atomic E-state index is -0.927. The molecular formula is C23H35NO5. The summed E-state index contributed by atoms with van der Waals surface area (Å²) >= 11 is 0. The third-order valence-corrected chi connectivity index (χ3v) is 5.68. The number of esters is 2. The molecule has 1 aliphatic heterocycles. The molecule has 1 aromatic rings. The van der Waals surface area contributed by atoms with E-state index in [1.165, 1.54) is 0 Å². The molecule has 0 bridgehead atoms. The van der Waals surface area contributed by atoms with E-state index in [2.05, 4.69) is 0 Å². The highest BCUT2D eigenvalue weighted by atomic mass is 16.7. The van der Waals surface area contributed by atoms with Crippen molar-refractivity contribution in [3.05, 3.63) is 35.4 Å². The first-order chi connectivity index (χ1) is 13.5. The lowest BCUT2D eigenvalue weighted by molar-refractivity contribution is -0.317. The molecule has 0 N–H and O–H groups in total. The van der Waals surface area contributed by atoms with Crippen LogP contribution in [0, 0.1) is 12.3 Å². The first-order valence-corrected chi connectivity index (χ1v) is 10.3. The molecule has 1 saturated heterocycles. The molecule has 1 aromatic carbocycles. The van der Waals surface area contributed by atoms with E-state index in [1.54, 1.807) is 5.06 Å². The van der Waals surface area contributed by atoms with E-state index in [0.29, 0.717) is 19.4 Å². The van der Waals surface area contributed by atoms with E-state index >= 15 is 0 Å². The monoisotopic (exact) mass is 405 g/mol. The second kappa shape index (κ2) is 8.84. The molecule has 6 heteroatoms. The van der Waals surface area contributed by atoms with Gasteiger partial charge in [-0.05, 0) is 58.6 Å². The molecule has 29 heavy (non-hydrogen) atoms. The van der Waals surface area contributed by atoms with Gasteiger partial charge in [0, 0.05) is 0 Å². The Kier molecular flexibility index (Phi) is 7.12. The third kappa shape index (κ3) is 4.81. The lowest BCUT2D eigenvalue weighted by atomic mass is 9.85. The molecule has 0 aliphatic carbocycles. The molecule has 162 valence electrons. The molecule has 1 heterocycles. The maximum absolute atomic E-state index is 12.8. The number of benzene rings is 1. The molecule has 2 rings (SSSR count). The van der Waals surface area contributed by atoms with E-state index < -0.39 is 16.5 Å². The van der Waals surface area contributed by atoms with E-state index in [-0.39, 0.29) is 25.2 Å². The minimum Gasteiger partial charge on any atom is -0.463 e. The van der Waals surface area contributed by atoms with Gasteiger partial charge in [-0.25, -0.2) is 4.79 Å². The average molecular weight is 406 g/mol. The van der Waals surface area contributed by atoms with Crippen molar-refractivity contribution in [2.45, 2.75) is 79.0 Å². The van der Waals surface area contributed by atoms with Gasteiger partial charge in [0.1, 0.15) is 24.3 Å². The van der Waals surface area contributed by atoms with Crippen LogP contribution in [0.15, 0.2) is 24.3 Å². The van der Waals surface area contributed by atoms with Crippen molar-refractivity contribution in [3.8, 4) is 0 Å². The van der Waals surface area contributed by atoms with E-state index in [4.69, 9.17) is 14.3 Å².